The summed E-state index contributed by atoms with van der Waals surface area (Å²) in [5, 5.41) is 18.7. The van der Waals surface area contributed by atoms with Gasteiger partial charge in [0.1, 0.15) is 0 Å². The number of nitriles is 2. The monoisotopic (exact) mass is 536 g/mol. The molecule has 0 radical (unpaired) electrons. The van der Waals surface area contributed by atoms with Gasteiger partial charge in [0, 0.05) is 57.7 Å². The van der Waals surface area contributed by atoms with Crippen LogP contribution in [0.2, 0.25) is 0 Å². The maximum absolute atomic E-state index is 13.1. The fourth-order valence-electron chi connectivity index (χ4n) is 4.22. The Labute approximate surface area is 221 Å². The number of benzene rings is 2. The summed E-state index contributed by atoms with van der Waals surface area (Å²) in [5.74, 6) is -0.147. The lowest BCUT2D eigenvalue weighted by Crippen LogP contribution is -2.48. The first-order chi connectivity index (χ1) is 17.9. The lowest BCUT2D eigenvalue weighted by Gasteiger charge is -2.34. The fraction of sp³-hybridized carbons (Fsp3) is 0.385. The van der Waals surface area contributed by atoms with Crippen LogP contribution in [-0.2, 0) is 16.4 Å². The summed E-state index contributed by atoms with van der Waals surface area (Å²) in [4.78, 5) is 21.9. The average molecular weight is 537 g/mol. The molecular weight excluding hydrogens is 508 g/mol. The van der Waals surface area contributed by atoms with Crippen molar-refractivity contribution >= 4 is 42.6 Å². The summed E-state index contributed by atoms with van der Waals surface area (Å²) >= 11 is 1.67. The van der Waals surface area contributed by atoms with Crippen LogP contribution in [0.3, 0.4) is 0 Å². The van der Waals surface area contributed by atoms with Crippen LogP contribution in [-0.4, -0.2) is 67.8 Å². The van der Waals surface area contributed by atoms with Gasteiger partial charge in [-0.25, -0.2) is 13.4 Å². The van der Waals surface area contributed by atoms with Crippen molar-refractivity contribution in [3.05, 3.63) is 53.6 Å². The molecule has 0 saturated carbocycles. The standard InChI is InChI=1S/C26H28N6O3S2/c1-2-20-5-10-23-24(19-20)36-26(29-23)31-17-15-30(16-18-31)25(33)21-6-8-22(9-7-21)37(34,35)32(13-3-11-27)14-4-12-28/h5-10,19H,2-4,13-18H2,1H3. The van der Waals surface area contributed by atoms with E-state index in [9.17, 15) is 13.2 Å². The second-order valence-electron chi connectivity index (χ2n) is 8.68. The van der Waals surface area contributed by atoms with Crippen molar-refractivity contribution in [1.29, 1.82) is 10.5 Å². The quantitative estimate of drug-likeness (QED) is 0.409. The van der Waals surface area contributed by atoms with Gasteiger partial charge in [-0.2, -0.15) is 14.8 Å². The zero-order valence-corrected chi connectivity index (χ0v) is 22.3. The molecule has 11 heteroatoms. The second kappa shape index (κ2) is 11.7. The molecule has 1 aliphatic heterocycles. The molecule has 0 aliphatic carbocycles. The summed E-state index contributed by atoms with van der Waals surface area (Å²) in [7, 11) is -3.87. The molecule has 37 heavy (non-hydrogen) atoms. The van der Waals surface area contributed by atoms with E-state index in [1.165, 1.54) is 34.5 Å². The normalized spacial score (nSPS) is 14.1. The van der Waals surface area contributed by atoms with Crippen molar-refractivity contribution in [2.75, 3.05) is 44.2 Å². The van der Waals surface area contributed by atoms with E-state index in [0.717, 1.165) is 21.4 Å². The summed E-state index contributed by atoms with van der Waals surface area (Å²) in [5.41, 5.74) is 2.69. The Kier molecular flexibility index (Phi) is 8.39. The minimum Gasteiger partial charge on any atom is -0.345 e. The molecular formula is C26H28N6O3S2. The molecule has 0 N–H and O–H groups in total. The van der Waals surface area contributed by atoms with E-state index in [0.29, 0.717) is 31.7 Å². The first kappa shape index (κ1) is 26.6. The molecule has 0 spiro atoms. The third kappa shape index (κ3) is 5.91. The smallest absolute Gasteiger partial charge is 0.253 e. The highest BCUT2D eigenvalue weighted by molar-refractivity contribution is 7.89. The Morgan fingerprint density at radius 1 is 1.03 bits per heavy atom. The number of nitrogens with zero attached hydrogens (tertiary/aromatic N) is 6. The van der Waals surface area contributed by atoms with E-state index in [1.54, 1.807) is 16.2 Å². The third-order valence-corrected chi connectivity index (χ3v) is 9.36. The van der Waals surface area contributed by atoms with Crippen LogP contribution in [0.15, 0.2) is 47.4 Å². The van der Waals surface area contributed by atoms with Gasteiger partial charge in [0.2, 0.25) is 10.0 Å². The van der Waals surface area contributed by atoms with Crippen molar-refractivity contribution in [3.8, 4) is 12.1 Å². The topological polar surface area (TPSA) is 121 Å². The number of piperazine rings is 1. The van der Waals surface area contributed by atoms with Gasteiger partial charge < -0.3 is 9.80 Å². The molecule has 9 nitrogen and oxygen atoms in total. The van der Waals surface area contributed by atoms with E-state index in [1.807, 2.05) is 12.1 Å². The third-order valence-electron chi connectivity index (χ3n) is 6.37. The van der Waals surface area contributed by atoms with Crippen molar-refractivity contribution in [2.24, 2.45) is 0 Å². The van der Waals surface area contributed by atoms with E-state index in [4.69, 9.17) is 15.5 Å². The Bertz CT molecular complexity index is 1430. The van der Waals surface area contributed by atoms with Gasteiger partial charge in [-0.05, 0) is 48.4 Å². The largest absolute Gasteiger partial charge is 0.345 e. The van der Waals surface area contributed by atoms with Crippen LogP contribution >= 0.6 is 11.3 Å². The van der Waals surface area contributed by atoms with Crippen LogP contribution in [0.5, 0.6) is 0 Å². The van der Waals surface area contributed by atoms with Crippen molar-refractivity contribution in [2.45, 2.75) is 31.1 Å². The number of anilines is 1. The zero-order chi connectivity index (χ0) is 26.4. The molecule has 1 aromatic heterocycles. The summed E-state index contributed by atoms with van der Waals surface area (Å²) in [6.07, 6.45) is 1.05. The fourth-order valence-corrected chi connectivity index (χ4v) is 6.74. The van der Waals surface area contributed by atoms with Crippen molar-refractivity contribution in [3.63, 3.8) is 0 Å². The summed E-state index contributed by atoms with van der Waals surface area (Å²) in [6.45, 7) is 4.60. The number of thiazole rings is 1. The molecule has 3 aromatic rings. The van der Waals surface area contributed by atoms with E-state index in [-0.39, 0.29) is 36.7 Å². The summed E-state index contributed by atoms with van der Waals surface area (Å²) < 4.78 is 28.3. The first-order valence-electron chi connectivity index (χ1n) is 12.1. The molecule has 192 valence electrons. The van der Waals surface area contributed by atoms with Gasteiger partial charge in [0.05, 0.1) is 27.3 Å². The predicted molar refractivity (Wildman–Crippen MR) is 143 cm³/mol. The number of aryl methyl sites for hydroxylation is 1. The second-order valence-corrected chi connectivity index (χ2v) is 11.6. The highest BCUT2D eigenvalue weighted by Gasteiger charge is 2.26. The molecule has 0 atom stereocenters. The average Bonchev–Trinajstić information content (AvgIpc) is 3.36. The SMILES string of the molecule is CCc1ccc2nc(N3CCN(C(=O)c4ccc(S(=O)(=O)N(CCC#N)CCC#N)cc4)CC3)sc2c1. The van der Waals surface area contributed by atoms with Crippen LogP contribution in [0.25, 0.3) is 10.2 Å². The summed E-state index contributed by atoms with van der Waals surface area (Å²) in [6, 6.07) is 16.1. The predicted octanol–water partition coefficient (Wildman–Crippen LogP) is 3.64. The highest BCUT2D eigenvalue weighted by atomic mass is 32.2. The molecule has 1 amide bonds. The minimum absolute atomic E-state index is 0.0138. The van der Waals surface area contributed by atoms with Gasteiger partial charge in [0.25, 0.3) is 5.91 Å². The van der Waals surface area contributed by atoms with Gasteiger partial charge in [0.15, 0.2) is 5.13 Å². The van der Waals surface area contributed by atoms with Crippen LogP contribution in [0.1, 0.15) is 35.7 Å². The maximum Gasteiger partial charge on any atom is 0.253 e. The molecule has 1 fully saturated rings. The molecule has 0 bridgehead atoms. The van der Waals surface area contributed by atoms with Crippen LogP contribution in [0.4, 0.5) is 5.13 Å². The molecule has 4 rings (SSSR count). The Balaban J connectivity index is 1.40. The zero-order valence-electron chi connectivity index (χ0n) is 20.6. The first-order valence-corrected chi connectivity index (χ1v) is 14.4. The van der Waals surface area contributed by atoms with Gasteiger partial charge in [-0.3, -0.25) is 4.79 Å². The van der Waals surface area contributed by atoms with E-state index >= 15 is 0 Å². The molecule has 1 saturated heterocycles. The van der Waals surface area contributed by atoms with Crippen molar-refractivity contribution < 1.29 is 13.2 Å². The Hall–Kier alpha value is -3.51. The number of amides is 1. The Morgan fingerprint density at radius 2 is 1.68 bits per heavy atom. The number of hydrogen-bond donors (Lipinski definition) is 0. The van der Waals surface area contributed by atoms with Crippen LogP contribution in [0, 0.1) is 22.7 Å². The van der Waals surface area contributed by atoms with E-state index < -0.39 is 10.0 Å². The molecule has 0 unspecified atom stereocenters. The number of hydrogen-bond acceptors (Lipinski definition) is 8. The number of fused-ring (bicyclic) bond motifs is 1. The van der Waals surface area contributed by atoms with E-state index in [2.05, 4.69) is 30.0 Å². The van der Waals surface area contributed by atoms with Crippen molar-refractivity contribution in [1.82, 2.24) is 14.2 Å². The van der Waals surface area contributed by atoms with Gasteiger partial charge >= 0.3 is 0 Å². The van der Waals surface area contributed by atoms with Gasteiger partial charge in [-0.1, -0.05) is 24.3 Å². The highest BCUT2D eigenvalue weighted by Crippen LogP contribution is 2.30. The molecule has 2 heterocycles. The molecule has 1 aliphatic rings. The number of carbonyl (C=O) groups is 1. The number of carbonyl (C=O) groups excluding carboxylic acids is 1. The lowest BCUT2D eigenvalue weighted by atomic mass is 10.2. The molecule has 2 aromatic carbocycles. The van der Waals surface area contributed by atoms with Crippen LogP contribution < -0.4 is 4.90 Å². The number of aromatic nitrogens is 1. The Morgan fingerprint density at radius 3 is 2.27 bits per heavy atom. The number of rotatable bonds is 9. The minimum atomic E-state index is -3.87. The lowest BCUT2D eigenvalue weighted by molar-refractivity contribution is 0.0746. The maximum atomic E-state index is 13.1. The number of sulfonamides is 1. The van der Waals surface area contributed by atoms with Gasteiger partial charge in [-0.15, -0.1) is 0 Å².